The molecule has 0 bridgehead atoms. The van der Waals surface area contributed by atoms with Crippen LogP contribution in [-0.4, -0.2) is 33.8 Å². The maximum Gasteiger partial charge on any atom is 0.350 e. The summed E-state index contributed by atoms with van der Waals surface area (Å²) in [7, 11) is 1.31. The third-order valence-electron chi connectivity index (χ3n) is 3.80. The Morgan fingerprint density at radius 3 is 2.71 bits per heavy atom. The maximum absolute atomic E-state index is 12.2. The van der Waals surface area contributed by atoms with E-state index in [9.17, 15) is 14.9 Å². The van der Waals surface area contributed by atoms with Crippen LogP contribution in [0, 0.1) is 10.1 Å². The molecule has 0 aliphatic heterocycles. The summed E-state index contributed by atoms with van der Waals surface area (Å²) >= 11 is 0. The number of rotatable bonds is 5. The number of nitrogens with zero attached hydrogens (tertiary/aromatic N) is 3. The van der Waals surface area contributed by atoms with E-state index in [-0.39, 0.29) is 23.5 Å². The van der Waals surface area contributed by atoms with Crippen molar-refractivity contribution in [3.8, 4) is 5.88 Å². The van der Waals surface area contributed by atoms with E-state index < -0.39 is 11.0 Å². The van der Waals surface area contributed by atoms with Gasteiger partial charge in [0.2, 0.25) is 5.91 Å². The van der Waals surface area contributed by atoms with Crippen LogP contribution in [0.5, 0.6) is 5.88 Å². The fourth-order valence-corrected chi connectivity index (χ4v) is 2.52. The molecular formula is C13H20N4O4. The Hall–Kier alpha value is -2.12. The highest BCUT2D eigenvalue weighted by molar-refractivity contribution is 5.80. The summed E-state index contributed by atoms with van der Waals surface area (Å²) in [5.74, 6) is -0.265. The quantitative estimate of drug-likeness (QED) is 0.660. The van der Waals surface area contributed by atoms with Crippen LogP contribution in [0.25, 0.3) is 0 Å². The SMILES string of the molecule is COc1nn(C(C)C(=O)NC2CCCCC2)cc1[N+](=O)[O-]. The molecule has 0 saturated heterocycles. The van der Waals surface area contributed by atoms with Gasteiger partial charge in [-0.1, -0.05) is 19.3 Å². The fraction of sp³-hybridized carbons (Fsp3) is 0.692. The van der Waals surface area contributed by atoms with Gasteiger partial charge in [0, 0.05) is 6.04 Å². The molecule has 0 spiro atoms. The summed E-state index contributed by atoms with van der Waals surface area (Å²) in [6, 6.07) is -0.421. The van der Waals surface area contributed by atoms with Crippen molar-refractivity contribution >= 4 is 11.6 Å². The van der Waals surface area contributed by atoms with Gasteiger partial charge in [0.05, 0.1) is 12.0 Å². The summed E-state index contributed by atoms with van der Waals surface area (Å²) in [6.45, 7) is 1.66. The molecule has 1 aliphatic carbocycles. The summed E-state index contributed by atoms with van der Waals surface area (Å²) in [5.41, 5.74) is -0.241. The van der Waals surface area contributed by atoms with Gasteiger partial charge < -0.3 is 10.1 Å². The Balaban J connectivity index is 2.06. The van der Waals surface area contributed by atoms with Crippen molar-refractivity contribution in [2.24, 2.45) is 0 Å². The van der Waals surface area contributed by atoms with Crippen molar-refractivity contribution < 1.29 is 14.5 Å². The number of amides is 1. The Labute approximate surface area is 122 Å². The molecule has 1 fully saturated rings. The van der Waals surface area contributed by atoms with Gasteiger partial charge in [-0.05, 0) is 19.8 Å². The number of ether oxygens (including phenoxy) is 1. The van der Waals surface area contributed by atoms with E-state index in [0.717, 1.165) is 25.7 Å². The molecule has 2 rings (SSSR count). The number of nitro groups is 1. The number of aromatic nitrogens is 2. The predicted molar refractivity (Wildman–Crippen MR) is 75.2 cm³/mol. The third kappa shape index (κ3) is 3.50. The molecule has 1 heterocycles. The molecule has 1 aliphatic rings. The highest BCUT2D eigenvalue weighted by Crippen LogP contribution is 2.26. The van der Waals surface area contributed by atoms with E-state index in [2.05, 4.69) is 10.4 Å². The molecule has 1 N–H and O–H groups in total. The Morgan fingerprint density at radius 2 is 2.19 bits per heavy atom. The highest BCUT2D eigenvalue weighted by Gasteiger charge is 2.26. The lowest BCUT2D eigenvalue weighted by atomic mass is 9.95. The summed E-state index contributed by atoms with van der Waals surface area (Å²) in [6.07, 6.45) is 6.66. The van der Waals surface area contributed by atoms with Crippen molar-refractivity contribution in [3.63, 3.8) is 0 Å². The van der Waals surface area contributed by atoms with Gasteiger partial charge in [0.15, 0.2) is 0 Å². The number of methoxy groups -OCH3 is 1. The number of hydrogen-bond acceptors (Lipinski definition) is 5. The van der Waals surface area contributed by atoms with E-state index in [4.69, 9.17) is 4.74 Å². The van der Waals surface area contributed by atoms with Crippen molar-refractivity contribution in [3.05, 3.63) is 16.3 Å². The van der Waals surface area contributed by atoms with E-state index >= 15 is 0 Å². The number of nitrogens with one attached hydrogen (secondary N) is 1. The highest BCUT2D eigenvalue weighted by atomic mass is 16.6. The first kappa shape index (κ1) is 15.3. The molecule has 0 aromatic carbocycles. The van der Waals surface area contributed by atoms with Crippen LogP contribution >= 0.6 is 0 Å². The van der Waals surface area contributed by atoms with Crippen molar-refractivity contribution in [1.82, 2.24) is 15.1 Å². The Kier molecular flexibility index (Phi) is 4.77. The number of carbonyl (C=O) groups is 1. The van der Waals surface area contributed by atoms with Crippen LogP contribution in [0.2, 0.25) is 0 Å². The minimum absolute atomic E-state index is 0.0858. The predicted octanol–water partition coefficient (Wildman–Crippen LogP) is 1.81. The largest absolute Gasteiger partial charge is 0.475 e. The average molecular weight is 296 g/mol. The minimum atomic E-state index is -0.616. The topological polar surface area (TPSA) is 99.3 Å². The van der Waals surface area contributed by atoms with Crippen LogP contribution in [0.1, 0.15) is 45.1 Å². The van der Waals surface area contributed by atoms with Gasteiger partial charge in [-0.3, -0.25) is 14.9 Å². The third-order valence-corrected chi connectivity index (χ3v) is 3.80. The molecular weight excluding hydrogens is 276 g/mol. The van der Waals surface area contributed by atoms with Crippen LogP contribution in [-0.2, 0) is 4.79 Å². The second kappa shape index (κ2) is 6.55. The lowest BCUT2D eigenvalue weighted by molar-refractivity contribution is -0.385. The molecule has 1 unspecified atom stereocenters. The van der Waals surface area contributed by atoms with E-state index in [1.807, 2.05) is 0 Å². The first-order valence-electron chi connectivity index (χ1n) is 7.11. The smallest absolute Gasteiger partial charge is 0.350 e. The zero-order valence-electron chi connectivity index (χ0n) is 12.2. The van der Waals surface area contributed by atoms with Crippen molar-refractivity contribution in [1.29, 1.82) is 0 Å². The van der Waals surface area contributed by atoms with Crippen LogP contribution < -0.4 is 10.1 Å². The molecule has 1 amide bonds. The second-order valence-electron chi connectivity index (χ2n) is 5.28. The zero-order chi connectivity index (χ0) is 15.4. The summed E-state index contributed by atoms with van der Waals surface area (Å²) in [4.78, 5) is 22.5. The van der Waals surface area contributed by atoms with Gasteiger partial charge in [-0.15, -0.1) is 5.10 Å². The molecule has 21 heavy (non-hydrogen) atoms. The lowest BCUT2D eigenvalue weighted by Crippen LogP contribution is -2.40. The molecule has 116 valence electrons. The number of carbonyl (C=O) groups excluding carboxylic acids is 1. The van der Waals surface area contributed by atoms with Gasteiger partial charge in [-0.25, -0.2) is 4.68 Å². The normalized spacial score (nSPS) is 17.2. The zero-order valence-corrected chi connectivity index (χ0v) is 12.2. The lowest BCUT2D eigenvalue weighted by Gasteiger charge is -2.24. The van der Waals surface area contributed by atoms with E-state index in [0.29, 0.717) is 0 Å². The monoisotopic (exact) mass is 296 g/mol. The van der Waals surface area contributed by atoms with Crippen LogP contribution in [0.4, 0.5) is 5.69 Å². The van der Waals surface area contributed by atoms with Crippen molar-refractivity contribution in [2.75, 3.05) is 7.11 Å². The summed E-state index contributed by atoms with van der Waals surface area (Å²) in [5, 5.41) is 17.8. The van der Waals surface area contributed by atoms with E-state index in [1.54, 1.807) is 6.92 Å². The molecule has 8 nitrogen and oxygen atoms in total. The molecule has 1 atom stereocenters. The first-order chi connectivity index (χ1) is 10.0. The van der Waals surface area contributed by atoms with Crippen LogP contribution in [0.3, 0.4) is 0 Å². The molecule has 1 aromatic rings. The summed E-state index contributed by atoms with van der Waals surface area (Å²) < 4.78 is 6.13. The Bertz CT molecular complexity index is 522. The van der Waals surface area contributed by atoms with Crippen LogP contribution in [0.15, 0.2) is 6.20 Å². The van der Waals surface area contributed by atoms with Gasteiger partial charge in [-0.2, -0.15) is 0 Å². The fourth-order valence-electron chi connectivity index (χ4n) is 2.52. The molecule has 8 heteroatoms. The molecule has 0 radical (unpaired) electrons. The molecule has 1 aromatic heterocycles. The minimum Gasteiger partial charge on any atom is -0.475 e. The Morgan fingerprint density at radius 1 is 1.52 bits per heavy atom. The van der Waals surface area contributed by atoms with Gasteiger partial charge in [0.25, 0.3) is 0 Å². The van der Waals surface area contributed by atoms with Gasteiger partial charge in [0.1, 0.15) is 12.2 Å². The average Bonchev–Trinajstić information content (AvgIpc) is 2.92. The maximum atomic E-state index is 12.2. The second-order valence-corrected chi connectivity index (χ2v) is 5.28. The standard InChI is InChI=1S/C13H20N4O4/c1-9(12(18)14-10-6-4-3-5-7-10)16-8-11(17(19)20)13(15-16)21-2/h8-10H,3-7H2,1-2H3,(H,14,18). The number of hydrogen-bond donors (Lipinski definition) is 1. The van der Waals surface area contributed by atoms with Crippen molar-refractivity contribution in [2.45, 2.75) is 51.1 Å². The van der Waals surface area contributed by atoms with E-state index in [1.165, 1.54) is 24.4 Å². The molecule has 1 saturated carbocycles. The van der Waals surface area contributed by atoms with Gasteiger partial charge >= 0.3 is 11.6 Å². The first-order valence-corrected chi connectivity index (χ1v) is 7.11.